The summed E-state index contributed by atoms with van der Waals surface area (Å²) in [6, 6.07) is 197. The van der Waals surface area contributed by atoms with Crippen molar-refractivity contribution < 1.29 is 38.5 Å². The Labute approximate surface area is 780 Å². The molecule has 0 saturated heterocycles. The van der Waals surface area contributed by atoms with Crippen LogP contribution >= 0.6 is 61.9 Å². The fourth-order valence-electron chi connectivity index (χ4n) is 15.7. The van der Waals surface area contributed by atoms with Crippen LogP contribution in [0.2, 0.25) is 0 Å². The van der Waals surface area contributed by atoms with Gasteiger partial charge in [-0.1, -0.05) is 480 Å². The normalized spacial score (nSPS) is 11.1. The van der Waals surface area contributed by atoms with Crippen LogP contribution in [0, 0.1) is 0 Å². The van der Waals surface area contributed by atoms with Crippen LogP contribution in [-0.2, 0) is 9.13 Å². The van der Waals surface area contributed by atoms with Crippen LogP contribution in [0.1, 0.15) is 32.1 Å². The Morgan fingerprint density at radius 1 is 0.168 bits per heavy atom. The second kappa shape index (κ2) is 53.3. The number of hydrogen-bond donors (Lipinski definition) is 4. The number of rotatable bonds is 26. The molecule has 0 aromatic heterocycles. The van der Waals surface area contributed by atoms with E-state index >= 15 is 0 Å². The Morgan fingerprint density at radius 3 is 0.351 bits per heavy atom. The first-order valence-electron chi connectivity index (χ1n) is 43.6. The van der Waals surface area contributed by atoms with Crippen molar-refractivity contribution in [2.75, 3.05) is 12.3 Å². The lowest BCUT2D eigenvalue weighted by Gasteiger charge is -2.28. The Hall–Kier alpha value is -11.2. The van der Waals surface area contributed by atoms with Crippen molar-refractivity contribution in [1.29, 1.82) is 0 Å². The van der Waals surface area contributed by atoms with Crippen LogP contribution in [-0.4, -0.2) is 31.9 Å². The molecule has 0 bridgehead atoms. The minimum atomic E-state index is -5.14. The van der Waals surface area contributed by atoms with Gasteiger partial charge in [0, 0.05) is 0 Å². The second-order valence-corrected chi connectivity index (χ2v) is 48.3. The Balaban J connectivity index is 0.000000152. The molecule has 18 aromatic rings. The van der Waals surface area contributed by atoms with E-state index in [0.717, 1.165) is 0 Å². The summed E-state index contributed by atoms with van der Waals surface area (Å²) in [5, 5.41) is 25.7. The first kappa shape index (κ1) is 98.8. The van der Waals surface area contributed by atoms with Crippen molar-refractivity contribution in [3.8, 4) is 0 Å². The molecule has 0 aliphatic heterocycles. The quantitative estimate of drug-likeness (QED) is 0.0308. The van der Waals surface area contributed by atoms with E-state index in [1.165, 1.54) is 140 Å². The van der Waals surface area contributed by atoms with Gasteiger partial charge in [0.2, 0.25) is 0 Å². The van der Waals surface area contributed by atoms with E-state index in [9.17, 15) is 0 Å². The van der Waals surface area contributed by atoms with Crippen LogP contribution in [0.15, 0.2) is 546 Å². The molecule has 16 heteroatoms. The lowest BCUT2D eigenvalue weighted by Crippen LogP contribution is -2.33. The summed E-state index contributed by atoms with van der Waals surface area (Å²) in [5.74, 6) is 0. The zero-order valence-electron chi connectivity index (χ0n) is 72.9. The first-order valence-corrected chi connectivity index (χ1v) is 56.0. The van der Waals surface area contributed by atoms with Gasteiger partial charge in [-0.2, -0.15) is 0 Å². The minimum Gasteiger partial charge on any atom is -0.790 e. The highest BCUT2D eigenvalue weighted by Crippen LogP contribution is 2.58. The fraction of sp³-hybridized carbons (Fsp3) is 0.0609. The van der Waals surface area contributed by atoms with Crippen molar-refractivity contribution in [2.24, 2.45) is 0 Å². The van der Waals surface area contributed by atoms with Gasteiger partial charge in [0.05, 0.1) is 20.1 Å². The third kappa shape index (κ3) is 30.9. The van der Waals surface area contributed by atoms with Gasteiger partial charge in [-0.3, -0.25) is 0 Å². The Kier molecular flexibility index (Phi) is 40.2. The molecule has 656 valence electrons. The number of unbranched alkanes of at least 4 members (excludes halogenated alkanes) is 4. The molecule has 0 radical (unpaired) electrons. The average molecular weight is 1870 g/mol. The maximum Gasteiger partial charge on any atom is 0.466 e. The molecule has 0 saturated carbocycles. The summed E-state index contributed by atoms with van der Waals surface area (Å²) in [5.41, 5.74) is 0. The zero-order valence-corrected chi connectivity index (χ0v) is 80.1. The summed E-state index contributed by atoms with van der Waals surface area (Å²) in [6.45, 7) is 0. The van der Waals surface area contributed by atoms with Crippen LogP contribution in [0.5, 0.6) is 0 Å². The molecule has 8 nitrogen and oxygen atoms in total. The molecule has 0 fully saturated rings. The monoisotopic (exact) mass is 1860 g/mol. The fourth-order valence-corrected chi connectivity index (χ4v) is 33.7. The molecule has 0 aliphatic rings. The van der Waals surface area contributed by atoms with E-state index in [2.05, 4.69) is 546 Å². The Morgan fingerprint density at radius 2 is 0.252 bits per heavy atom. The van der Waals surface area contributed by atoms with Crippen LogP contribution < -0.4 is 105 Å². The number of hydrogen-bond acceptors (Lipinski definition) is 4. The largest absolute Gasteiger partial charge is 0.790 e. The van der Waals surface area contributed by atoms with E-state index in [4.69, 9.17) is 38.5 Å². The maximum absolute atomic E-state index is 8.88. The molecular weight excluding hydrogens is 1760 g/mol. The molecule has 131 heavy (non-hydrogen) atoms. The molecular formula is C115H108O8P8. The van der Waals surface area contributed by atoms with E-state index in [1.807, 2.05) is 0 Å². The average Bonchev–Trinajstić information content (AvgIpc) is 0.759. The standard InChI is InChI=1S/C43H44P2.4C18H15P.2H3O4P/c1(2-22-36-44(38-24-10-4-11-25-38,39-26-12-5-13-27-39)40-28-14-6-15-29-40)3-23-37-45(41-30-16-7-17-31-41,42-32-18-8-19-33-42)43-34-20-9-21-35-43;4*1-4-10-16(11-5-1)19(17-12-6-2-7-13-17)18-14-8-3-9-15-18;2*1-5(2,3)4/h4-21,24-35H,1-3,22-23,36-37H2;4*1-15H;2*(H3,1,2,3,4)/q+2;;;;;;/p-2. The summed E-state index contributed by atoms with van der Waals surface area (Å²) in [6.07, 6.45) is 8.70. The van der Waals surface area contributed by atoms with Crippen molar-refractivity contribution in [2.45, 2.75) is 32.1 Å². The van der Waals surface area contributed by atoms with Crippen molar-refractivity contribution in [3.05, 3.63) is 546 Å². The highest BCUT2D eigenvalue weighted by molar-refractivity contribution is 7.96. The van der Waals surface area contributed by atoms with E-state index in [1.54, 1.807) is 0 Å². The number of phosphoric acid groups is 2. The van der Waals surface area contributed by atoms with Gasteiger partial charge in [-0.05, 0) is 194 Å². The second-order valence-electron chi connectivity index (χ2n) is 30.2. The highest BCUT2D eigenvalue weighted by Gasteiger charge is 2.46. The predicted molar refractivity (Wildman–Crippen MR) is 568 cm³/mol. The third-order valence-corrected chi connectivity index (χ3v) is 40.2. The molecule has 4 N–H and O–H groups in total. The van der Waals surface area contributed by atoms with Gasteiger partial charge < -0.3 is 33.9 Å². The number of benzene rings is 18. The van der Waals surface area contributed by atoms with Gasteiger partial charge >= 0.3 is 7.82 Å². The minimum absolute atomic E-state index is 0.446. The lowest BCUT2D eigenvalue weighted by atomic mass is 10.2. The first-order chi connectivity index (χ1) is 64.1. The molecule has 0 heterocycles. The molecule has 0 amide bonds. The van der Waals surface area contributed by atoms with Crippen molar-refractivity contribution >= 4 is 157 Å². The summed E-state index contributed by atoms with van der Waals surface area (Å²) in [4.78, 5) is 45.8. The predicted octanol–water partition coefficient (Wildman–Crippen LogP) is 19.6. The smallest absolute Gasteiger partial charge is 0.466 e. The van der Waals surface area contributed by atoms with Gasteiger partial charge in [0.25, 0.3) is 0 Å². The summed E-state index contributed by atoms with van der Waals surface area (Å²) < 4.78 is 17.5. The SMILES string of the molecule is O=P(O)(O)O.O=P([O-])([O-])O.c1ccc(P(c2ccccc2)c2ccccc2)cc1.c1ccc(P(c2ccccc2)c2ccccc2)cc1.c1ccc(P(c2ccccc2)c2ccccc2)cc1.c1ccc(P(c2ccccc2)c2ccccc2)cc1.c1ccc([P+](CCCCCCC[P+](c2ccccc2)(c2ccccc2)c2ccccc2)(c2ccccc2)c2ccccc2)cc1. The topological polar surface area (TPSA) is 161 Å². The zero-order chi connectivity index (χ0) is 91.3. The molecule has 18 rings (SSSR count). The highest BCUT2D eigenvalue weighted by atomic mass is 31.2. The van der Waals surface area contributed by atoms with E-state index < -0.39 is 61.9 Å². The van der Waals surface area contributed by atoms with Crippen molar-refractivity contribution in [3.63, 3.8) is 0 Å². The molecule has 0 atom stereocenters. The van der Waals surface area contributed by atoms with Gasteiger partial charge in [0.15, 0.2) is 0 Å². The third-order valence-electron chi connectivity index (χ3n) is 21.3. The van der Waals surface area contributed by atoms with Gasteiger partial charge in [0.1, 0.15) is 46.4 Å². The summed E-state index contributed by atoms with van der Waals surface area (Å²) in [7, 11) is -15.1. The summed E-state index contributed by atoms with van der Waals surface area (Å²) >= 11 is 0. The lowest BCUT2D eigenvalue weighted by molar-refractivity contribution is -0.337. The molecule has 18 aromatic carbocycles. The Bertz CT molecular complexity index is 5020. The molecule has 0 spiro atoms. The maximum atomic E-state index is 8.88. The van der Waals surface area contributed by atoms with E-state index in [-0.39, 0.29) is 0 Å². The van der Waals surface area contributed by atoms with Crippen molar-refractivity contribution in [1.82, 2.24) is 0 Å². The molecule has 0 unspecified atom stereocenters. The van der Waals surface area contributed by atoms with Crippen LogP contribution in [0.3, 0.4) is 0 Å². The van der Waals surface area contributed by atoms with E-state index in [0.29, 0.717) is 0 Å². The van der Waals surface area contributed by atoms with Gasteiger partial charge in [-0.25, -0.2) is 4.57 Å². The van der Waals surface area contributed by atoms with Crippen LogP contribution in [0.25, 0.3) is 0 Å². The van der Waals surface area contributed by atoms with Gasteiger partial charge in [-0.15, -0.1) is 0 Å². The van der Waals surface area contributed by atoms with Crippen LogP contribution in [0.4, 0.5) is 0 Å². The molecule has 0 aliphatic carbocycles.